The zero-order valence-electron chi connectivity index (χ0n) is 4.91. The SMILES string of the molecule is C=C(C=O)C(C=O)CO. The molecule has 9 heavy (non-hydrogen) atoms. The lowest BCUT2D eigenvalue weighted by Gasteiger charge is -2.00. The third-order valence-corrected chi connectivity index (χ3v) is 0.989. The maximum absolute atomic E-state index is 9.96. The summed E-state index contributed by atoms with van der Waals surface area (Å²) in [6, 6.07) is 0. The van der Waals surface area contributed by atoms with Crippen LogP contribution in [0.25, 0.3) is 0 Å². The van der Waals surface area contributed by atoms with Gasteiger partial charge in [0.25, 0.3) is 0 Å². The standard InChI is InChI=1S/C6H8O3/c1-5(2-7)6(3-8)4-9/h2-3,6,9H,1,4H2. The third kappa shape index (κ3) is 2.19. The van der Waals surface area contributed by atoms with Gasteiger partial charge in [0.05, 0.1) is 12.5 Å². The highest BCUT2D eigenvalue weighted by atomic mass is 16.3. The van der Waals surface area contributed by atoms with Crippen molar-refractivity contribution in [3.8, 4) is 0 Å². The first kappa shape index (κ1) is 8.04. The van der Waals surface area contributed by atoms with Crippen molar-refractivity contribution in [2.45, 2.75) is 0 Å². The number of carbonyl (C=O) groups is 2. The van der Waals surface area contributed by atoms with E-state index in [0.29, 0.717) is 12.6 Å². The lowest BCUT2D eigenvalue weighted by molar-refractivity contribution is -0.113. The van der Waals surface area contributed by atoms with Crippen molar-refractivity contribution in [1.82, 2.24) is 0 Å². The van der Waals surface area contributed by atoms with Gasteiger partial charge in [0.2, 0.25) is 0 Å². The van der Waals surface area contributed by atoms with E-state index in [-0.39, 0.29) is 12.2 Å². The number of aliphatic hydroxyl groups is 1. The molecule has 50 valence electrons. The van der Waals surface area contributed by atoms with Crippen LogP contribution in [0.5, 0.6) is 0 Å². The molecule has 1 N–H and O–H groups in total. The summed E-state index contributed by atoms with van der Waals surface area (Å²) in [6.45, 7) is 2.91. The predicted molar refractivity (Wildman–Crippen MR) is 31.8 cm³/mol. The summed E-state index contributed by atoms with van der Waals surface area (Å²) < 4.78 is 0. The fourth-order valence-electron chi connectivity index (χ4n) is 0.335. The maximum atomic E-state index is 9.96. The molecule has 0 aliphatic rings. The van der Waals surface area contributed by atoms with Crippen molar-refractivity contribution in [2.24, 2.45) is 5.92 Å². The van der Waals surface area contributed by atoms with Crippen LogP contribution >= 0.6 is 0 Å². The first-order valence-corrected chi connectivity index (χ1v) is 2.46. The van der Waals surface area contributed by atoms with Gasteiger partial charge >= 0.3 is 0 Å². The Balaban J connectivity index is 3.93. The predicted octanol–water partition coefficient (Wildman–Crippen LogP) is -0.451. The molecule has 0 heterocycles. The normalized spacial score (nSPS) is 12.1. The van der Waals surface area contributed by atoms with E-state index in [1.54, 1.807) is 0 Å². The van der Waals surface area contributed by atoms with Crippen LogP contribution in [0.2, 0.25) is 0 Å². The Kier molecular flexibility index (Phi) is 3.55. The lowest BCUT2D eigenvalue weighted by Crippen LogP contribution is -2.10. The van der Waals surface area contributed by atoms with Gasteiger partial charge in [0, 0.05) is 0 Å². The maximum Gasteiger partial charge on any atom is 0.146 e. The third-order valence-electron chi connectivity index (χ3n) is 0.989. The Morgan fingerprint density at radius 3 is 2.33 bits per heavy atom. The summed E-state index contributed by atoms with van der Waals surface area (Å²) in [4.78, 5) is 19.9. The van der Waals surface area contributed by atoms with Crippen molar-refractivity contribution < 1.29 is 14.7 Å². The smallest absolute Gasteiger partial charge is 0.146 e. The minimum Gasteiger partial charge on any atom is -0.395 e. The molecule has 0 amide bonds. The number of rotatable bonds is 4. The van der Waals surface area contributed by atoms with E-state index in [9.17, 15) is 9.59 Å². The molecule has 0 radical (unpaired) electrons. The molecule has 3 heteroatoms. The van der Waals surface area contributed by atoms with Gasteiger partial charge in [0.1, 0.15) is 12.6 Å². The van der Waals surface area contributed by atoms with E-state index in [1.807, 2.05) is 0 Å². The van der Waals surface area contributed by atoms with E-state index in [4.69, 9.17) is 5.11 Å². The minimum absolute atomic E-state index is 0.118. The van der Waals surface area contributed by atoms with Gasteiger partial charge in [-0.05, 0) is 5.57 Å². The Hall–Kier alpha value is -0.960. The van der Waals surface area contributed by atoms with Gasteiger partial charge in [-0.25, -0.2) is 0 Å². The van der Waals surface area contributed by atoms with Crippen LogP contribution in [-0.4, -0.2) is 24.3 Å². The van der Waals surface area contributed by atoms with Crippen LogP contribution in [0.3, 0.4) is 0 Å². The summed E-state index contributed by atoms with van der Waals surface area (Å²) >= 11 is 0. The quantitative estimate of drug-likeness (QED) is 0.412. The van der Waals surface area contributed by atoms with Gasteiger partial charge in [-0.2, -0.15) is 0 Å². The highest BCUT2D eigenvalue weighted by Crippen LogP contribution is 2.00. The molecule has 0 saturated heterocycles. The van der Waals surface area contributed by atoms with Crippen LogP contribution in [0.4, 0.5) is 0 Å². The molecule has 0 aliphatic heterocycles. The van der Waals surface area contributed by atoms with Crippen molar-refractivity contribution >= 4 is 12.6 Å². The topological polar surface area (TPSA) is 54.4 Å². The summed E-state index contributed by atoms with van der Waals surface area (Å²) in [5.74, 6) is -0.720. The Morgan fingerprint density at radius 1 is 1.67 bits per heavy atom. The second-order valence-corrected chi connectivity index (χ2v) is 1.62. The Bertz CT molecular complexity index is 128. The molecule has 0 saturated carbocycles. The number of hydrogen-bond acceptors (Lipinski definition) is 3. The van der Waals surface area contributed by atoms with Crippen molar-refractivity contribution in [2.75, 3.05) is 6.61 Å². The fraction of sp³-hybridized carbons (Fsp3) is 0.333. The molecule has 0 bridgehead atoms. The van der Waals surface area contributed by atoms with E-state index < -0.39 is 5.92 Å². The molecule has 0 spiro atoms. The molecule has 3 nitrogen and oxygen atoms in total. The van der Waals surface area contributed by atoms with Crippen molar-refractivity contribution in [1.29, 1.82) is 0 Å². The van der Waals surface area contributed by atoms with Crippen LogP contribution < -0.4 is 0 Å². The highest BCUT2D eigenvalue weighted by Gasteiger charge is 2.07. The monoisotopic (exact) mass is 128 g/mol. The van der Waals surface area contributed by atoms with E-state index in [1.165, 1.54) is 0 Å². The molecule has 0 aliphatic carbocycles. The molecule has 0 aromatic heterocycles. The highest BCUT2D eigenvalue weighted by molar-refractivity contribution is 5.80. The molecule has 0 aromatic carbocycles. The molecule has 0 fully saturated rings. The number of hydrogen-bond donors (Lipinski definition) is 1. The first-order chi connectivity index (χ1) is 4.26. The van der Waals surface area contributed by atoms with Crippen molar-refractivity contribution in [3.05, 3.63) is 12.2 Å². The number of aliphatic hydroxyl groups excluding tert-OH is 1. The Labute approximate surface area is 53.0 Å². The average molecular weight is 128 g/mol. The zero-order valence-corrected chi connectivity index (χ0v) is 4.91. The first-order valence-electron chi connectivity index (χ1n) is 2.46. The summed E-state index contributed by atoms with van der Waals surface area (Å²) in [5, 5.41) is 8.38. The number of carbonyl (C=O) groups excluding carboxylic acids is 2. The molecule has 1 atom stereocenters. The van der Waals surface area contributed by atoms with Crippen LogP contribution in [0.1, 0.15) is 0 Å². The van der Waals surface area contributed by atoms with Crippen LogP contribution in [0, 0.1) is 5.92 Å². The molecule has 0 aromatic rings. The van der Waals surface area contributed by atoms with Crippen LogP contribution in [-0.2, 0) is 9.59 Å². The summed E-state index contributed by atoms with van der Waals surface area (Å²) in [6.07, 6.45) is 0.964. The van der Waals surface area contributed by atoms with Crippen molar-refractivity contribution in [3.63, 3.8) is 0 Å². The summed E-state index contributed by atoms with van der Waals surface area (Å²) in [5.41, 5.74) is 0.118. The zero-order chi connectivity index (χ0) is 7.28. The fourth-order valence-corrected chi connectivity index (χ4v) is 0.335. The molecular weight excluding hydrogens is 120 g/mol. The Morgan fingerprint density at radius 2 is 2.22 bits per heavy atom. The van der Waals surface area contributed by atoms with Crippen LogP contribution in [0.15, 0.2) is 12.2 Å². The van der Waals surface area contributed by atoms with Gasteiger partial charge in [0.15, 0.2) is 0 Å². The number of aldehydes is 2. The van der Waals surface area contributed by atoms with E-state index >= 15 is 0 Å². The van der Waals surface area contributed by atoms with E-state index in [0.717, 1.165) is 0 Å². The molecule has 0 rings (SSSR count). The van der Waals surface area contributed by atoms with Gasteiger partial charge in [-0.15, -0.1) is 0 Å². The van der Waals surface area contributed by atoms with Gasteiger partial charge < -0.3 is 9.90 Å². The average Bonchev–Trinajstić information content (AvgIpc) is 1.90. The summed E-state index contributed by atoms with van der Waals surface area (Å²) in [7, 11) is 0. The largest absolute Gasteiger partial charge is 0.395 e. The lowest BCUT2D eigenvalue weighted by atomic mass is 10.1. The minimum atomic E-state index is -0.720. The van der Waals surface area contributed by atoms with Gasteiger partial charge in [-0.3, -0.25) is 4.79 Å². The molecule has 1 unspecified atom stereocenters. The molecular formula is C6H8O3. The van der Waals surface area contributed by atoms with Gasteiger partial charge in [-0.1, -0.05) is 6.58 Å². The van der Waals surface area contributed by atoms with E-state index in [2.05, 4.69) is 6.58 Å². The second kappa shape index (κ2) is 3.97. The second-order valence-electron chi connectivity index (χ2n) is 1.62.